The fourth-order valence-corrected chi connectivity index (χ4v) is 4.49. The van der Waals surface area contributed by atoms with E-state index in [1.165, 1.54) is 18.2 Å². The van der Waals surface area contributed by atoms with Crippen molar-refractivity contribution < 1.29 is 18.3 Å². The summed E-state index contributed by atoms with van der Waals surface area (Å²) in [5, 5.41) is 18.0. The molecule has 1 saturated heterocycles. The average molecular weight is 329 g/mol. The number of nitrogens with zero attached hydrogens (tertiary/aromatic N) is 2. The zero-order valence-corrected chi connectivity index (χ0v) is 12.6. The summed E-state index contributed by atoms with van der Waals surface area (Å²) in [6.45, 7) is 0.131. The SMILES string of the molecule is N#Cc1ccc(Cl)c(S(=O)(=O)N2CCCC[C@H]2C(=O)O)c1. The van der Waals surface area contributed by atoms with Gasteiger partial charge in [-0.05, 0) is 37.5 Å². The standard InChI is InChI=1S/C13H13ClN2O4S/c14-10-5-4-9(8-15)7-12(10)21(19,20)16-6-2-1-3-11(16)13(17)18/h4-5,7,11H,1-3,6H2,(H,17,18)/t11-/m0/s1. The van der Waals surface area contributed by atoms with E-state index < -0.39 is 22.0 Å². The summed E-state index contributed by atoms with van der Waals surface area (Å²) in [4.78, 5) is 11.0. The molecule has 2 rings (SSSR count). The number of carbonyl (C=O) groups is 1. The molecule has 1 aromatic rings. The fraction of sp³-hybridized carbons (Fsp3) is 0.385. The van der Waals surface area contributed by atoms with E-state index in [-0.39, 0.29) is 28.4 Å². The third-order valence-electron chi connectivity index (χ3n) is 3.39. The number of hydrogen-bond acceptors (Lipinski definition) is 4. The molecule has 0 spiro atoms. The van der Waals surface area contributed by atoms with Crippen molar-refractivity contribution in [3.05, 3.63) is 28.8 Å². The molecule has 1 N–H and O–H groups in total. The summed E-state index contributed by atoms with van der Waals surface area (Å²) < 4.78 is 26.3. The van der Waals surface area contributed by atoms with Crippen molar-refractivity contribution in [2.24, 2.45) is 0 Å². The van der Waals surface area contributed by atoms with Crippen molar-refractivity contribution in [2.45, 2.75) is 30.2 Å². The summed E-state index contributed by atoms with van der Waals surface area (Å²) in [7, 11) is -4.05. The number of sulfonamides is 1. The number of piperidine rings is 1. The molecule has 1 fully saturated rings. The maximum atomic E-state index is 12.7. The maximum Gasteiger partial charge on any atom is 0.322 e. The van der Waals surface area contributed by atoms with Crippen LogP contribution in [0.2, 0.25) is 5.02 Å². The molecule has 0 unspecified atom stereocenters. The van der Waals surface area contributed by atoms with Crippen LogP contribution in [0.25, 0.3) is 0 Å². The van der Waals surface area contributed by atoms with Crippen LogP contribution >= 0.6 is 11.6 Å². The predicted octanol–water partition coefficient (Wildman–Crippen LogP) is 1.84. The van der Waals surface area contributed by atoms with Gasteiger partial charge in [0.05, 0.1) is 16.7 Å². The Labute approximate surface area is 127 Å². The minimum atomic E-state index is -4.05. The first kappa shape index (κ1) is 15.8. The van der Waals surface area contributed by atoms with Gasteiger partial charge >= 0.3 is 5.97 Å². The number of carboxylic acids is 1. The van der Waals surface area contributed by atoms with Gasteiger partial charge in [0.2, 0.25) is 10.0 Å². The highest BCUT2D eigenvalue weighted by Crippen LogP contribution is 2.30. The van der Waals surface area contributed by atoms with Crippen molar-refractivity contribution >= 4 is 27.6 Å². The van der Waals surface area contributed by atoms with Crippen LogP contribution in [-0.2, 0) is 14.8 Å². The molecule has 1 aromatic carbocycles. The quantitative estimate of drug-likeness (QED) is 0.912. The van der Waals surface area contributed by atoms with Gasteiger partial charge in [-0.1, -0.05) is 11.6 Å². The Hall–Kier alpha value is -1.62. The van der Waals surface area contributed by atoms with Crippen LogP contribution in [-0.4, -0.2) is 36.4 Å². The van der Waals surface area contributed by atoms with Gasteiger partial charge in [-0.3, -0.25) is 4.79 Å². The second-order valence-electron chi connectivity index (χ2n) is 4.72. The molecule has 0 radical (unpaired) electrons. The highest BCUT2D eigenvalue weighted by Gasteiger charge is 2.38. The molecule has 0 amide bonds. The van der Waals surface area contributed by atoms with E-state index in [1.807, 2.05) is 6.07 Å². The molecule has 1 aliphatic rings. The molecule has 0 bridgehead atoms. The van der Waals surface area contributed by atoms with E-state index in [1.54, 1.807) is 0 Å². The lowest BCUT2D eigenvalue weighted by molar-refractivity contribution is -0.142. The average Bonchev–Trinajstić information content (AvgIpc) is 2.47. The monoisotopic (exact) mass is 328 g/mol. The number of nitriles is 1. The topological polar surface area (TPSA) is 98.5 Å². The Kier molecular flexibility index (Phi) is 4.52. The van der Waals surface area contributed by atoms with Gasteiger partial charge < -0.3 is 5.11 Å². The van der Waals surface area contributed by atoms with Gasteiger partial charge in [-0.2, -0.15) is 9.57 Å². The van der Waals surface area contributed by atoms with E-state index >= 15 is 0 Å². The number of rotatable bonds is 3. The Bertz CT molecular complexity index is 711. The van der Waals surface area contributed by atoms with Gasteiger partial charge in [0.1, 0.15) is 10.9 Å². The van der Waals surface area contributed by atoms with Crippen molar-refractivity contribution in [3.63, 3.8) is 0 Å². The summed E-state index contributed by atoms with van der Waals surface area (Å²) >= 11 is 5.92. The predicted molar refractivity (Wildman–Crippen MR) is 75.3 cm³/mol. The summed E-state index contributed by atoms with van der Waals surface area (Å²) in [6.07, 6.45) is 1.53. The molecule has 1 aliphatic heterocycles. The Balaban J connectivity index is 2.50. The third-order valence-corrected chi connectivity index (χ3v) is 5.78. The first-order valence-electron chi connectivity index (χ1n) is 6.32. The first-order chi connectivity index (χ1) is 9.87. The molecular formula is C13H13ClN2O4S. The Morgan fingerprint density at radius 3 is 2.76 bits per heavy atom. The zero-order chi connectivity index (χ0) is 15.6. The minimum Gasteiger partial charge on any atom is -0.480 e. The van der Waals surface area contributed by atoms with Gasteiger partial charge in [-0.25, -0.2) is 8.42 Å². The lowest BCUT2D eigenvalue weighted by Crippen LogP contribution is -2.47. The third kappa shape index (κ3) is 3.02. The van der Waals surface area contributed by atoms with Crippen molar-refractivity contribution in [3.8, 4) is 6.07 Å². The largest absolute Gasteiger partial charge is 0.480 e. The van der Waals surface area contributed by atoms with Gasteiger partial charge in [0.15, 0.2) is 0 Å². The number of carboxylic acid groups (broad SMARTS) is 1. The molecular weight excluding hydrogens is 316 g/mol. The smallest absolute Gasteiger partial charge is 0.322 e. The Morgan fingerprint density at radius 2 is 2.14 bits per heavy atom. The summed E-state index contributed by atoms with van der Waals surface area (Å²) in [6, 6.07) is 4.66. The summed E-state index contributed by atoms with van der Waals surface area (Å²) in [5.74, 6) is -1.18. The van der Waals surface area contributed by atoms with Crippen LogP contribution in [0, 0.1) is 11.3 Å². The van der Waals surface area contributed by atoms with E-state index in [0.29, 0.717) is 12.8 Å². The van der Waals surface area contributed by atoms with E-state index in [4.69, 9.17) is 16.9 Å². The molecule has 1 heterocycles. The number of hydrogen-bond donors (Lipinski definition) is 1. The van der Waals surface area contributed by atoms with Crippen LogP contribution in [0.4, 0.5) is 0 Å². The van der Waals surface area contributed by atoms with Gasteiger partial charge in [0, 0.05) is 6.54 Å². The van der Waals surface area contributed by atoms with Gasteiger partial charge in [-0.15, -0.1) is 0 Å². The van der Waals surface area contributed by atoms with Crippen LogP contribution in [0.1, 0.15) is 24.8 Å². The minimum absolute atomic E-state index is 0.0243. The van der Waals surface area contributed by atoms with E-state index in [2.05, 4.69) is 0 Å². The van der Waals surface area contributed by atoms with Crippen LogP contribution in [0.15, 0.2) is 23.1 Å². The molecule has 112 valence electrons. The molecule has 8 heteroatoms. The van der Waals surface area contributed by atoms with Gasteiger partial charge in [0.25, 0.3) is 0 Å². The number of benzene rings is 1. The first-order valence-corrected chi connectivity index (χ1v) is 8.14. The summed E-state index contributed by atoms with van der Waals surface area (Å²) in [5.41, 5.74) is 0.154. The highest BCUT2D eigenvalue weighted by atomic mass is 35.5. The number of aliphatic carboxylic acids is 1. The Morgan fingerprint density at radius 1 is 1.43 bits per heavy atom. The maximum absolute atomic E-state index is 12.7. The van der Waals surface area contributed by atoms with E-state index in [9.17, 15) is 18.3 Å². The molecule has 0 aromatic heterocycles. The number of halogens is 1. The zero-order valence-electron chi connectivity index (χ0n) is 11.0. The molecule has 6 nitrogen and oxygen atoms in total. The van der Waals surface area contributed by atoms with Crippen LogP contribution in [0.5, 0.6) is 0 Å². The molecule has 0 saturated carbocycles. The van der Waals surface area contributed by atoms with Crippen molar-refractivity contribution in [1.29, 1.82) is 5.26 Å². The fourth-order valence-electron chi connectivity index (χ4n) is 2.34. The van der Waals surface area contributed by atoms with Crippen LogP contribution in [0.3, 0.4) is 0 Å². The second-order valence-corrected chi connectivity index (χ2v) is 6.99. The molecule has 21 heavy (non-hydrogen) atoms. The highest BCUT2D eigenvalue weighted by molar-refractivity contribution is 7.89. The van der Waals surface area contributed by atoms with E-state index in [0.717, 1.165) is 4.31 Å². The van der Waals surface area contributed by atoms with Crippen LogP contribution < -0.4 is 0 Å². The second kappa shape index (κ2) is 6.02. The molecule has 1 atom stereocenters. The van der Waals surface area contributed by atoms with Crippen molar-refractivity contribution in [1.82, 2.24) is 4.31 Å². The lowest BCUT2D eigenvalue weighted by Gasteiger charge is -2.32. The van der Waals surface area contributed by atoms with Crippen molar-refractivity contribution in [2.75, 3.05) is 6.54 Å². The lowest BCUT2D eigenvalue weighted by atomic mass is 10.1. The molecule has 0 aliphatic carbocycles. The normalized spacial score (nSPS) is 19.9.